The molecule has 0 amide bonds. The summed E-state index contributed by atoms with van der Waals surface area (Å²) in [6.07, 6.45) is 18.4. The number of carboxylic acids is 1. The van der Waals surface area contributed by atoms with Gasteiger partial charge in [-0.2, -0.15) is 11.8 Å². The number of unbranched alkanes of at least 4 members (excludes halogenated alkanes) is 3. The molecule has 2 heterocycles. The summed E-state index contributed by atoms with van der Waals surface area (Å²) >= 11 is 2.14. The number of allylic oxidation sites excluding steroid dienone is 3. The standard InChI is InChI=1S/C21H34O3S/c1-2-3-6-9-17(22)13-12-16-14-18-15-20(25-18)19(16)10-7-4-5-8-11-21(23)24/h4,7,12-13,16-20,22H,2-3,5-6,8-11,14-15H2,1H3,(H,23,24)/b7-4?,13-12+/t16?,17-,18-,19+,20-/m0/s1. The maximum Gasteiger partial charge on any atom is 0.303 e. The second-order valence-electron chi connectivity index (χ2n) is 7.54. The lowest BCUT2D eigenvalue weighted by molar-refractivity contribution is -0.137. The molecule has 1 unspecified atom stereocenters. The van der Waals surface area contributed by atoms with Crippen LogP contribution >= 0.6 is 11.8 Å². The molecule has 3 aliphatic rings. The van der Waals surface area contributed by atoms with Gasteiger partial charge in [-0.15, -0.1) is 0 Å². The minimum atomic E-state index is -0.708. The molecule has 2 saturated heterocycles. The Morgan fingerprint density at radius 3 is 2.76 bits per heavy atom. The maximum absolute atomic E-state index is 10.5. The van der Waals surface area contributed by atoms with Crippen molar-refractivity contribution < 1.29 is 15.0 Å². The number of fused-ring (bicyclic) bond motifs is 2. The fraction of sp³-hybridized carbons (Fsp3) is 0.762. The minimum Gasteiger partial charge on any atom is -0.481 e. The molecule has 1 aliphatic carbocycles. The van der Waals surface area contributed by atoms with Gasteiger partial charge in [0.05, 0.1) is 6.10 Å². The van der Waals surface area contributed by atoms with Crippen LogP contribution < -0.4 is 0 Å². The van der Waals surface area contributed by atoms with Crippen LogP contribution in [0.15, 0.2) is 24.3 Å². The highest BCUT2D eigenvalue weighted by atomic mass is 32.2. The van der Waals surface area contributed by atoms with E-state index in [9.17, 15) is 9.90 Å². The zero-order valence-corrected chi connectivity index (χ0v) is 16.3. The summed E-state index contributed by atoms with van der Waals surface area (Å²) in [5.74, 6) is 0.555. The first-order chi connectivity index (χ1) is 12.1. The number of rotatable bonds is 12. The van der Waals surface area contributed by atoms with Crippen LogP contribution in [0.5, 0.6) is 0 Å². The molecule has 0 aromatic heterocycles. The molecule has 2 bridgehead atoms. The number of aliphatic hydroxyl groups excluding tert-OH is 1. The molecular weight excluding hydrogens is 332 g/mol. The first-order valence-corrected chi connectivity index (χ1v) is 10.9. The molecule has 5 atom stereocenters. The summed E-state index contributed by atoms with van der Waals surface area (Å²) in [6.45, 7) is 2.19. The molecule has 1 saturated carbocycles. The Kier molecular flexibility index (Phi) is 9.11. The number of aliphatic carboxylic acids is 1. The Morgan fingerprint density at radius 1 is 1.24 bits per heavy atom. The van der Waals surface area contributed by atoms with Crippen molar-refractivity contribution in [2.45, 2.75) is 87.7 Å². The Bertz CT molecular complexity index is 454. The molecule has 0 aromatic rings. The van der Waals surface area contributed by atoms with Gasteiger partial charge in [0, 0.05) is 16.9 Å². The van der Waals surface area contributed by atoms with Gasteiger partial charge in [0.15, 0.2) is 0 Å². The summed E-state index contributed by atoms with van der Waals surface area (Å²) in [4.78, 5) is 10.5. The predicted octanol–water partition coefficient (Wildman–Crippen LogP) is 5.20. The Morgan fingerprint density at radius 2 is 2.04 bits per heavy atom. The van der Waals surface area contributed by atoms with E-state index in [1.807, 2.05) is 6.08 Å². The molecule has 3 nitrogen and oxygen atoms in total. The van der Waals surface area contributed by atoms with E-state index in [2.05, 4.69) is 36.9 Å². The van der Waals surface area contributed by atoms with Crippen molar-refractivity contribution in [1.29, 1.82) is 0 Å². The molecular formula is C21H34O3S. The van der Waals surface area contributed by atoms with Gasteiger partial charge < -0.3 is 10.2 Å². The van der Waals surface area contributed by atoms with Gasteiger partial charge in [-0.3, -0.25) is 4.79 Å². The van der Waals surface area contributed by atoms with Crippen molar-refractivity contribution in [2.75, 3.05) is 0 Å². The van der Waals surface area contributed by atoms with E-state index < -0.39 is 5.97 Å². The highest BCUT2D eigenvalue weighted by Crippen LogP contribution is 2.54. The molecule has 3 fully saturated rings. The molecule has 0 aromatic carbocycles. The summed E-state index contributed by atoms with van der Waals surface area (Å²) in [6, 6.07) is 0. The highest BCUT2D eigenvalue weighted by Gasteiger charge is 2.44. The van der Waals surface area contributed by atoms with E-state index in [0.717, 1.165) is 42.6 Å². The van der Waals surface area contributed by atoms with E-state index in [0.29, 0.717) is 11.8 Å². The van der Waals surface area contributed by atoms with Gasteiger partial charge in [-0.1, -0.05) is 50.5 Å². The third-order valence-electron chi connectivity index (χ3n) is 5.45. The van der Waals surface area contributed by atoms with E-state index in [-0.39, 0.29) is 12.5 Å². The molecule has 0 spiro atoms. The molecule has 3 rings (SSSR count). The fourth-order valence-corrected chi connectivity index (χ4v) is 5.58. The zero-order chi connectivity index (χ0) is 18.1. The van der Waals surface area contributed by atoms with Gasteiger partial charge in [0.25, 0.3) is 0 Å². The number of hydrogen-bond acceptors (Lipinski definition) is 3. The van der Waals surface area contributed by atoms with Crippen LogP contribution in [0, 0.1) is 11.8 Å². The number of carbonyl (C=O) groups is 1. The molecule has 142 valence electrons. The van der Waals surface area contributed by atoms with Crippen LogP contribution in [0.2, 0.25) is 0 Å². The second-order valence-corrected chi connectivity index (χ2v) is 9.08. The van der Waals surface area contributed by atoms with Gasteiger partial charge in [-0.25, -0.2) is 0 Å². The first kappa shape index (κ1) is 20.6. The van der Waals surface area contributed by atoms with E-state index in [1.54, 1.807) is 0 Å². The summed E-state index contributed by atoms with van der Waals surface area (Å²) in [7, 11) is 0. The molecule has 2 N–H and O–H groups in total. The quantitative estimate of drug-likeness (QED) is 0.368. The highest BCUT2D eigenvalue weighted by molar-refractivity contribution is 8.01. The summed E-state index contributed by atoms with van der Waals surface area (Å²) in [5, 5.41) is 20.4. The van der Waals surface area contributed by atoms with E-state index in [4.69, 9.17) is 5.11 Å². The van der Waals surface area contributed by atoms with Gasteiger partial charge >= 0.3 is 5.97 Å². The largest absolute Gasteiger partial charge is 0.481 e. The molecule has 25 heavy (non-hydrogen) atoms. The average Bonchev–Trinajstić information content (AvgIpc) is 2.55. The van der Waals surface area contributed by atoms with Gasteiger partial charge in [0.1, 0.15) is 0 Å². The second kappa shape index (κ2) is 11.1. The predicted molar refractivity (Wildman–Crippen MR) is 106 cm³/mol. The Labute approximate surface area is 157 Å². The van der Waals surface area contributed by atoms with Crippen molar-refractivity contribution >= 4 is 17.7 Å². The van der Waals surface area contributed by atoms with Gasteiger partial charge in [-0.05, 0) is 50.4 Å². The monoisotopic (exact) mass is 366 g/mol. The van der Waals surface area contributed by atoms with Crippen molar-refractivity contribution in [2.24, 2.45) is 11.8 Å². The Balaban J connectivity index is 1.76. The number of hydrogen-bond donors (Lipinski definition) is 2. The van der Waals surface area contributed by atoms with Crippen molar-refractivity contribution in [1.82, 2.24) is 0 Å². The topological polar surface area (TPSA) is 57.5 Å². The van der Waals surface area contributed by atoms with Crippen LogP contribution in [0.3, 0.4) is 0 Å². The zero-order valence-electron chi connectivity index (χ0n) is 15.5. The van der Waals surface area contributed by atoms with Crippen LogP contribution in [-0.4, -0.2) is 32.8 Å². The van der Waals surface area contributed by atoms with Crippen LogP contribution in [0.25, 0.3) is 0 Å². The normalized spacial score (nSPS) is 29.8. The Hall–Kier alpha value is -0.740. The molecule has 0 radical (unpaired) electrons. The summed E-state index contributed by atoms with van der Waals surface area (Å²) < 4.78 is 0. The average molecular weight is 367 g/mol. The lowest BCUT2D eigenvalue weighted by Gasteiger charge is -2.49. The van der Waals surface area contributed by atoms with Crippen molar-refractivity contribution in [3.63, 3.8) is 0 Å². The van der Waals surface area contributed by atoms with Crippen LogP contribution in [0.1, 0.15) is 71.1 Å². The van der Waals surface area contributed by atoms with Crippen LogP contribution in [-0.2, 0) is 4.79 Å². The lowest BCUT2D eigenvalue weighted by atomic mass is 9.75. The minimum absolute atomic E-state index is 0.259. The van der Waals surface area contributed by atoms with Crippen molar-refractivity contribution in [3.05, 3.63) is 24.3 Å². The third-order valence-corrected chi connectivity index (χ3v) is 7.11. The lowest BCUT2D eigenvalue weighted by Crippen LogP contribution is -2.44. The smallest absolute Gasteiger partial charge is 0.303 e. The fourth-order valence-electron chi connectivity index (χ4n) is 3.94. The SMILES string of the molecule is CCCCC[C@H](O)/C=C/C1C[C@H]2C[C@H](S2)[C@@H]1CC=CCCCC(=O)O. The molecule has 4 heteroatoms. The third kappa shape index (κ3) is 7.18. The van der Waals surface area contributed by atoms with Crippen molar-refractivity contribution in [3.8, 4) is 0 Å². The number of aliphatic hydroxyl groups is 1. The number of thioether (sulfide) groups is 1. The maximum atomic E-state index is 10.5. The summed E-state index contributed by atoms with van der Waals surface area (Å²) in [5.41, 5.74) is 0. The van der Waals surface area contributed by atoms with E-state index in [1.165, 1.54) is 25.7 Å². The molecule has 2 aliphatic heterocycles. The first-order valence-electron chi connectivity index (χ1n) is 9.98. The van der Waals surface area contributed by atoms with Gasteiger partial charge in [0.2, 0.25) is 0 Å². The van der Waals surface area contributed by atoms with E-state index >= 15 is 0 Å². The van der Waals surface area contributed by atoms with Crippen LogP contribution in [0.4, 0.5) is 0 Å². The number of carboxylic acid groups (broad SMARTS) is 1.